The summed E-state index contributed by atoms with van der Waals surface area (Å²) in [5.41, 5.74) is 1.27. The van der Waals surface area contributed by atoms with Gasteiger partial charge in [-0.3, -0.25) is 4.90 Å². The Balaban J connectivity index is 2.51. The third-order valence-electron chi connectivity index (χ3n) is 2.59. The van der Waals surface area contributed by atoms with Crippen molar-refractivity contribution in [3.05, 3.63) is 29.8 Å². The Bertz CT molecular complexity index is 303. The Hall–Kier alpha value is -0.550. The first-order valence-corrected chi connectivity index (χ1v) is 6.97. The standard InChI is InChI=1S/C13H21NO2S/c1-16-10-8-14(7-9-15)11-12-3-5-13(17-2)6-4-12/h3-6,15H,7-11H2,1-2H3. The lowest BCUT2D eigenvalue weighted by Crippen LogP contribution is -2.29. The van der Waals surface area contributed by atoms with E-state index in [1.54, 1.807) is 18.9 Å². The van der Waals surface area contributed by atoms with Crippen molar-refractivity contribution in [2.24, 2.45) is 0 Å². The van der Waals surface area contributed by atoms with Crippen molar-refractivity contribution in [1.29, 1.82) is 0 Å². The van der Waals surface area contributed by atoms with Gasteiger partial charge in [-0.25, -0.2) is 0 Å². The van der Waals surface area contributed by atoms with E-state index in [1.165, 1.54) is 10.5 Å². The second-order valence-electron chi connectivity index (χ2n) is 3.84. The van der Waals surface area contributed by atoms with Crippen molar-refractivity contribution in [2.45, 2.75) is 11.4 Å². The molecule has 0 spiro atoms. The van der Waals surface area contributed by atoms with Crippen LogP contribution in [0, 0.1) is 0 Å². The van der Waals surface area contributed by atoms with Gasteiger partial charge in [-0.1, -0.05) is 12.1 Å². The number of benzene rings is 1. The van der Waals surface area contributed by atoms with Gasteiger partial charge < -0.3 is 9.84 Å². The van der Waals surface area contributed by atoms with Crippen LogP contribution in [0.5, 0.6) is 0 Å². The lowest BCUT2D eigenvalue weighted by atomic mass is 10.2. The van der Waals surface area contributed by atoms with Crippen LogP contribution in [0.15, 0.2) is 29.2 Å². The van der Waals surface area contributed by atoms with E-state index in [1.807, 2.05) is 0 Å². The number of hydrogen-bond acceptors (Lipinski definition) is 4. The molecule has 0 amide bonds. The fourth-order valence-corrected chi connectivity index (χ4v) is 2.03. The topological polar surface area (TPSA) is 32.7 Å². The van der Waals surface area contributed by atoms with Crippen LogP contribution in [0.4, 0.5) is 0 Å². The molecule has 1 N–H and O–H groups in total. The van der Waals surface area contributed by atoms with Crippen LogP contribution in [0.1, 0.15) is 5.56 Å². The summed E-state index contributed by atoms with van der Waals surface area (Å²) in [6, 6.07) is 8.55. The summed E-state index contributed by atoms with van der Waals surface area (Å²) in [6.45, 7) is 3.28. The van der Waals surface area contributed by atoms with Gasteiger partial charge in [0.15, 0.2) is 0 Å². The van der Waals surface area contributed by atoms with Crippen LogP contribution < -0.4 is 0 Å². The fourth-order valence-electron chi connectivity index (χ4n) is 1.62. The van der Waals surface area contributed by atoms with E-state index in [2.05, 4.69) is 35.4 Å². The number of hydrogen-bond donors (Lipinski definition) is 1. The summed E-state index contributed by atoms with van der Waals surface area (Å²) in [6.07, 6.45) is 2.08. The Labute approximate surface area is 108 Å². The molecule has 0 aliphatic rings. The Kier molecular flexibility index (Phi) is 7.28. The maximum atomic E-state index is 9.01. The van der Waals surface area contributed by atoms with Gasteiger partial charge in [0, 0.05) is 31.6 Å². The van der Waals surface area contributed by atoms with Crippen LogP contribution >= 0.6 is 11.8 Å². The highest BCUT2D eigenvalue weighted by atomic mass is 32.2. The van der Waals surface area contributed by atoms with Crippen LogP contribution in [-0.2, 0) is 11.3 Å². The number of rotatable bonds is 8. The summed E-state index contributed by atoms with van der Waals surface area (Å²) in [7, 11) is 1.70. The second kappa shape index (κ2) is 8.53. The van der Waals surface area contributed by atoms with Crippen molar-refractivity contribution >= 4 is 11.8 Å². The molecule has 0 aliphatic carbocycles. The molecule has 17 heavy (non-hydrogen) atoms. The van der Waals surface area contributed by atoms with Crippen molar-refractivity contribution in [3.63, 3.8) is 0 Å². The van der Waals surface area contributed by atoms with Gasteiger partial charge in [0.05, 0.1) is 13.2 Å². The highest BCUT2D eigenvalue weighted by molar-refractivity contribution is 7.98. The third-order valence-corrected chi connectivity index (χ3v) is 3.34. The lowest BCUT2D eigenvalue weighted by molar-refractivity contribution is 0.127. The van der Waals surface area contributed by atoms with Gasteiger partial charge in [-0.05, 0) is 24.0 Å². The number of aliphatic hydroxyl groups excluding tert-OH is 1. The molecule has 1 aromatic carbocycles. The first-order valence-electron chi connectivity index (χ1n) is 5.75. The molecule has 96 valence electrons. The molecule has 0 aliphatic heterocycles. The van der Waals surface area contributed by atoms with E-state index < -0.39 is 0 Å². The Morgan fingerprint density at radius 3 is 2.47 bits per heavy atom. The van der Waals surface area contributed by atoms with E-state index >= 15 is 0 Å². The van der Waals surface area contributed by atoms with Gasteiger partial charge in [-0.15, -0.1) is 11.8 Å². The van der Waals surface area contributed by atoms with Crippen molar-refractivity contribution in [3.8, 4) is 0 Å². The minimum Gasteiger partial charge on any atom is -0.395 e. The van der Waals surface area contributed by atoms with Crippen molar-refractivity contribution < 1.29 is 9.84 Å². The molecule has 1 aromatic rings. The van der Waals surface area contributed by atoms with Gasteiger partial charge >= 0.3 is 0 Å². The summed E-state index contributed by atoms with van der Waals surface area (Å²) < 4.78 is 5.07. The SMILES string of the molecule is COCCN(CCO)Cc1ccc(SC)cc1. The molecule has 0 aromatic heterocycles. The molecule has 0 saturated carbocycles. The molecule has 0 radical (unpaired) electrons. The fraction of sp³-hybridized carbons (Fsp3) is 0.538. The van der Waals surface area contributed by atoms with E-state index in [9.17, 15) is 0 Å². The zero-order valence-electron chi connectivity index (χ0n) is 10.6. The Morgan fingerprint density at radius 1 is 1.24 bits per heavy atom. The summed E-state index contributed by atoms with van der Waals surface area (Å²) in [5, 5.41) is 9.01. The zero-order valence-corrected chi connectivity index (χ0v) is 11.4. The Morgan fingerprint density at radius 2 is 1.94 bits per heavy atom. The predicted molar refractivity (Wildman–Crippen MR) is 72.5 cm³/mol. The third kappa shape index (κ3) is 5.55. The minimum atomic E-state index is 0.187. The van der Waals surface area contributed by atoms with Crippen LogP contribution in [-0.4, -0.2) is 49.7 Å². The number of aliphatic hydroxyl groups is 1. The summed E-state index contributed by atoms with van der Waals surface area (Å²) in [4.78, 5) is 3.47. The lowest BCUT2D eigenvalue weighted by Gasteiger charge is -2.20. The van der Waals surface area contributed by atoms with E-state index in [0.29, 0.717) is 13.2 Å². The number of methoxy groups -OCH3 is 1. The van der Waals surface area contributed by atoms with Gasteiger partial charge in [-0.2, -0.15) is 0 Å². The molecule has 0 saturated heterocycles. The number of thioether (sulfide) groups is 1. The number of ether oxygens (including phenoxy) is 1. The average molecular weight is 255 g/mol. The van der Waals surface area contributed by atoms with E-state index in [-0.39, 0.29) is 6.61 Å². The quantitative estimate of drug-likeness (QED) is 0.719. The molecule has 3 nitrogen and oxygen atoms in total. The van der Waals surface area contributed by atoms with Crippen molar-refractivity contribution in [2.75, 3.05) is 39.7 Å². The first kappa shape index (κ1) is 14.5. The normalized spacial score (nSPS) is 11.1. The van der Waals surface area contributed by atoms with Gasteiger partial charge in [0.2, 0.25) is 0 Å². The van der Waals surface area contributed by atoms with Crippen LogP contribution in [0.2, 0.25) is 0 Å². The van der Waals surface area contributed by atoms with Gasteiger partial charge in [0.1, 0.15) is 0 Å². The molecule has 0 fully saturated rings. The molecule has 0 heterocycles. The zero-order chi connectivity index (χ0) is 12.5. The van der Waals surface area contributed by atoms with Crippen molar-refractivity contribution in [1.82, 2.24) is 4.90 Å². The van der Waals surface area contributed by atoms with Crippen LogP contribution in [0.3, 0.4) is 0 Å². The summed E-state index contributed by atoms with van der Waals surface area (Å²) >= 11 is 1.75. The smallest absolute Gasteiger partial charge is 0.0589 e. The highest BCUT2D eigenvalue weighted by Gasteiger charge is 2.05. The first-order chi connectivity index (χ1) is 8.30. The maximum absolute atomic E-state index is 9.01. The molecule has 1 rings (SSSR count). The molecule has 0 atom stereocenters. The largest absolute Gasteiger partial charge is 0.395 e. The van der Waals surface area contributed by atoms with E-state index in [4.69, 9.17) is 9.84 Å². The highest BCUT2D eigenvalue weighted by Crippen LogP contribution is 2.15. The molecule has 4 heteroatoms. The minimum absolute atomic E-state index is 0.187. The molecular weight excluding hydrogens is 234 g/mol. The monoisotopic (exact) mass is 255 g/mol. The molecule has 0 unspecified atom stereocenters. The number of nitrogens with zero attached hydrogens (tertiary/aromatic N) is 1. The average Bonchev–Trinajstić information content (AvgIpc) is 2.37. The predicted octanol–water partition coefficient (Wildman–Crippen LogP) is 1.85. The molecule has 0 bridgehead atoms. The van der Waals surface area contributed by atoms with Gasteiger partial charge in [0.25, 0.3) is 0 Å². The van der Waals surface area contributed by atoms with Crippen LogP contribution in [0.25, 0.3) is 0 Å². The van der Waals surface area contributed by atoms with E-state index in [0.717, 1.165) is 13.1 Å². The second-order valence-corrected chi connectivity index (χ2v) is 4.72. The maximum Gasteiger partial charge on any atom is 0.0589 e. The summed E-state index contributed by atoms with van der Waals surface area (Å²) in [5.74, 6) is 0. The molecular formula is C13H21NO2S.